The van der Waals surface area contributed by atoms with Gasteiger partial charge < -0.3 is 10.5 Å². The Hall–Kier alpha value is -1.81. The van der Waals surface area contributed by atoms with Crippen molar-refractivity contribution in [1.82, 2.24) is 9.78 Å². The zero-order valence-electron chi connectivity index (χ0n) is 10.2. The van der Waals surface area contributed by atoms with E-state index in [1.165, 1.54) is 0 Å². The van der Waals surface area contributed by atoms with Crippen LogP contribution in [0.25, 0.3) is 5.69 Å². The second kappa shape index (κ2) is 5.01. The van der Waals surface area contributed by atoms with E-state index in [0.717, 1.165) is 22.7 Å². The lowest BCUT2D eigenvalue weighted by Gasteiger charge is -2.07. The first kappa shape index (κ1) is 11.7. The van der Waals surface area contributed by atoms with Crippen molar-refractivity contribution >= 4 is 0 Å². The third kappa shape index (κ3) is 2.31. The first-order valence-corrected chi connectivity index (χ1v) is 5.73. The van der Waals surface area contributed by atoms with Crippen LogP contribution in [0.1, 0.15) is 18.2 Å². The highest BCUT2D eigenvalue weighted by Crippen LogP contribution is 2.17. The van der Waals surface area contributed by atoms with Crippen LogP contribution in [0.3, 0.4) is 0 Å². The summed E-state index contributed by atoms with van der Waals surface area (Å²) in [4.78, 5) is 0. The molecule has 90 valence electrons. The molecule has 0 radical (unpaired) electrons. The van der Waals surface area contributed by atoms with Crippen LogP contribution in [-0.4, -0.2) is 16.4 Å². The van der Waals surface area contributed by atoms with Gasteiger partial charge in [-0.15, -0.1) is 0 Å². The molecule has 0 aliphatic rings. The maximum atomic E-state index is 5.63. The van der Waals surface area contributed by atoms with E-state index in [0.29, 0.717) is 13.2 Å². The van der Waals surface area contributed by atoms with Gasteiger partial charge in [0.05, 0.1) is 18.5 Å². The van der Waals surface area contributed by atoms with Gasteiger partial charge in [-0.3, -0.25) is 0 Å². The molecular formula is C13H17N3O. The summed E-state index contributed by atoms with van der Waals surface area (Å²) in [5.41, 5.74) is 8.80. The van der Waals surface area contributed by atoms with Crippen molar-refractivity contribution in [3.8, 4) is 11.4 Å². The molecule has 17 heavy (non-hydrogen) atoms. The highest BCUT2D eigenvalue weighted by atomic mass is 16.5. The third-order valence-corrected chi connectivity index (χ3v) is 2.72. The molecule has 1 aromatic heterocycles. The Balaban J connectivity index is 2.30. The van der Waals surface area contributed by atoms with E-state index in [1.54, 1.807) is 0 Å². The van der Waals surface area contributed by atoms with Crippen molar-refractivity contribution in [3.05, 3.63) is 41.7 Å². The van der Waals surface area contributed by atoms with Gasteiger partial charge in [0.25, 0.3) is 0 Å². The van der Waals surface area contributed by atoms with E-state index in [9.17, 15) is 0 Å². The summed E-state index contributed by atoms with van der Waals surface area (Å²) in [5, 5.41) is 4.33. The molecular weight excluding hydrogens is 214 g/mol. The van der Waals surface area contributed by atoms with Crippen LogP contribution >= 0.6 is 0 Å². The maximum Gasteiger partial charge on any atom is 0.119 e. The van der Waals surface area contributed by atoms with Crippen LogP contribution in [0.15, 0.2) is 30.5 Å². The van der Waals surface area contributed by atoms with Crippen LogP contribution in [0.2, 0.25) is 0 Å². The topological polar surface area (TPSA) is 53.1 Å². The van der Waals surface area contributed by atoms with Crippen LogP contribution in [0.4, 0.5) is 0 Å². The van der Waals surface area contributed by atoms with E-state index >= 15 is 0 Å². The number of ether oxygens (including phenoxy) is 1. The van der Waals surface area contributed by atoms with Gasteiger partial charge >= 0.3 is 0 Å². The first-order valence-electron chi connectivity index (χ1n) is 5.73. The molecule has 0 fully saturated rings. The molecule has 0 unspecified atom stereocenters. The monoisotopic (exact) mass is 231 g/mol. The molecule has 0 saturated carbocycles. The molecule has 2 aromatic rings. The third-order valence-electron chi connectivity index (χ3n) is 2.72. The molecule has 1 heterocycles. The summed E-state index contributed by atoms with van der Waals surface area (Å²) in [6.45, 7) is 5.19. The largest absolute Gasteiger partial charge is 0.494 e. The Labute approximate surface area is 101 Å². The fourth-order valence-electron chi connectivity index (χ4n) is 1.75. The summed E-state index contributed by atoms with van der Waals surface area (Å²) in [7, 11) is 0. The van der Waals surface area contributed by atoms with Gasteiger partial charge in [-0.25, -0.2) is 4.68 Å². The minimum atomic E-state index is 0.517. The number of nitrogens with zero attached hydrogens (tertiary/aromatic N) is 2. The Bertz CT molecular complexity index is 488. The highest BCUT2D eigenvalue weighted by molar-refractivity contribution is 5.39. The summed E-state index contributed by atoms with van der Waals surface area (Å²) in [6.07, 6.45) is 1.81. The van der Waals surface area contributed by atoms with Gasteiger partial charge in [-0.05, 0) is 38.1 Å². The molecule has 0 saturated heterocycles. The van der Waals surface area contributed by atoms with Crippen molar-refractivity contribution in [3.63, 3.8) is 0 Å². The van der Waals surface area contributed by atoms with Crippen molar-refractivity contribution in [1.29, 1.82) is 0 Å². The minimum Gasteiger partial charge on any atom is -0.494 e. The zero-order chi connectivity index (χ0) is 12.3. The quantitative estimate of drug-likeness (QED) is 0.876. The Morgan fingerprint density at radius 2 is 2.00 bits per heavy atom. The van der Waals surface area contributed by atoms with Crippen molar-refractivity contribution in [2.45, 2.75) is 20.4 Å². The van der Waals surface area contributed by atoms with Gasteiger partial charge in [-0.2, -0.15) is 5.10 Å². The fraction of sp³-hybridized carbons (Fsp3) is 0.308. The summed E-state index contributed by atoms with van der Waals surface area (Å²) in [6, 6.07) is 7.88. The lowest BCUT2D eigenvalue weighted by Crippen LogP contribution is -2.02. The molecule has 0 spiro atoms. The molecule has 2 N–H and O–H groups in total. The standard InChI is InChI=1S/C13H17N3O/c1-3-17-13-6-4-12(5-7-13)16-10(2)11(8-14)9-15-16/h4-7,9H,3,8,14H2,1-2H3. The molecule has 0 aliphatic carbocycles. The number of hydrogen-bond acceptors (Lipinski definition) is 3. The Morgan fingerprint density at radius 3 is 2.53 bits per heavy atom. The summed E-state index contributed by atoms with van der Waals surface area (Å²) < 4.78 is 7.29. The summed E-state index contributed by atoms with van der Waals surface area (Å²) >= 11 is 0. The van der Waals surface area contributed by atoms with Gasteiger partial charge in [-0.1, -0.05) is 0 Å². The zero-order valence-corrected chi connectivity index (χ0v) is 10.2. The van der Waals surface area contributed by atoms with E-state index < -0.39 is 0 Å². The predicted molar refractivity (Wildman–Crippen MR) is 67.4 cm³/mol. The van der Waals surface area contributed by atoms with Gasteiger partial charge in [0.2, 0.25) is 0 Å². The number of benzene rings is 1. The molecule has 0 atom stereocenters. The molecule has 0 bridgehead atoms. The van der Waals surface area contributed by atoms with Crippen molar-refractivity contribution < 1.29 is 4.74 Å². The SMILES string of the molecule is CCOc1ccc(-n2ncc(CN)c2C)cc1. The molecule has 2 rings (SSSR count). The van der Waals surface area contributed by atoms with Gasteiger partial charge in [0, 0.05) is 17.8 Å². The molecule has 4 heteroatoms. The van der Waals surface area contributed by atoms with E-state index in [2.05, 4.69) is 5.10 Å². The highest BCUT2D eigenvalue weighted by Gasteiger charge is 2.06. The number of hydrogen-bond donors (Lipinski definition) is 1. The van der Waals surface area contributed by atoms with Crippen molar-refractivity contribution in [2.24, 2.45) is 5.73 Å². The number of nitrogens with two attached hydrogens (primary N) is 1. The number of aromatic nitrogens is 2. The fourth-order valence-corrected chi connectivity index (χ4v) is 1.75. The average Bonchev–Trinajstić information content (AvgIpc) is 2.72. The van der Waals surface area contributed by atoms with Crippen LogP contribution < -0.4 is 10.5 Å². The van der Waals surface area contributed by atoms with E-state index in [-0.39, 0.29) is 0 Å². The smallest absolute Gasteiger partial charge is 0.119 e. The average molecular weight is 231 g/mol. The summed E-state index contributed by atoms with van der Waals surface area (Å²) in [5.74, 6) is 0.875. The number of rotatable bonds is 4. The van der Waals surface area contributed by atoms with E-state index in [1.807, 2.05) is 49.0 Å². The normalized spacial score (nSPS) is 10.5. The lowest BCUT2D eigenvalue weighted by atomic mass is 10.2. The first-order chi connectivity index (χ1) is 8.26. The maximum absolute atomic E-state index is 5.63. The second-order valence-corrected chi connectivity index (χ2v) is 3.80. The van der Waals surface area contributed by atoms with Gasteiger partial charge in [0.15, 0.2) is 0 Å². The Kier molecular flexibility index (Phi) is 3.44. The molecule has 0 amide bonds. The van der Waals surface area contributed by atoms with Crippen LogP contribution in [-0.2, 0) is 6.54 Å². The van der Waals surface area contributed by atoms with Crippen LogP contribution in [0, 0.1) is 6.92 Å². The van der Waals surface area contributed by atoms with E-state index in [4.69, 9.17) is 10.5 Å². The van der Waals surface area contributed by atoms with Crippen molar-refractivity contribution in [2.75, 3.05) is 6.61 Å². The second-order valence-electron chi connectivity index (χ2n) is 3.80. The van der Waals surface area contributed by atoms with Gasteiger partial charge in [0.1, 0.15) is 5.75 Å². The predicted octanol–water partition coefficient (Wildman–Crippen LogP) is 2.04. The lowest BCUT2D eigenvalue weighted by molar-refractivity contribution is 0.340. The minimum absolute atomic E-state index is 0.517. The Morgan fingerprint density at radius 1 is 1.29 bits per heavy atom. The van der Waals surface area contributed by atoms with Crippen LogP contribution in [0.5, 0.6) is 5.75 Å². The molecule has 0 aliphatic heterocycles. The molecule has 1 aromatic carbocycles. The molecule has 4 nitrogen and oxygen atoms in total.